The molecular weight excluding hydrogens is 571 g/mol. The minimum atomic E-state index is -0.724. The lowest BCUT2D eigenvalue weighted by atomic mass is 9.85. The lowest BCUT2D eigenvalue weighted by Crippen LogP contribution is -2.59. The van der Waals surface area contributed by atoms with Gasteiger partial charge >= 0.3 is 0 Å². The van der Waals surface area contributed by atoms with E-state index in [4.69, 9.17) is 0 Å². The minimum absolute atomic E-state index is 0.146. The molecule has 1 saturated heterocycles. The average Bonchev–Trinajstić information content (AvgIpc) is 3.67. The van der Waals surface area contributed by atoms with Crippen molar-refractivity contribution in [1.82, 2.24) is 30.0 Å². The fourth-order valence-electron chi connectivity index (χ4n) is 5.90. The van der Waals surface area contributed by atoms with Crippen LogP contribution in [0.1, 0.15) is 67.7 Å². The van der Waals surface area contributed by atoms with Gasteiger partial charge in [-0.25, -0.2) is 9.37 Å². The highest BCUT2D eigenvalue weighted by atomic mass is 19.1. The van der Waals surface area contributed by atoms with Crippen LogP contribution in [0.4, 0.5) is 4.39 Å². The topological polar surface area (TPSA) is 99.6 Å². The Morgan fingerprint density at radius 3 is 2.38 bits per heavy atom. The van der Waals surface area contributed by atoms with Crippen LogP contribution in [0, 0.1) is 25.1 Å². The molecule has 45 heavy (non-hydrogen) atoms. The summed E-state index contributed by atoms with van der Waals surface area (Å²) in [4.78, 5) is 49.0. The Kier molecular flexibility index (Phi) is 10.8. The van der Waals surface area contributed by atoms with E-state index in [2.05, 4.69) is 15.6 Å². The molecule has 0 unspecified atom stereocenters. The van der Waals surface area contributed by atoms with Crippen LogP contribution < -0.4 is 10.6 Å². The molecule has 9 nitrogen and oxygen atoms in total. The van der Waals surface area contributed by atoms with Crippen molar-refractivity contribution in [2.75, 3.05) is 26.7 Å². The molecule has 3 aromatic rings. The molecule has 1 aliphatic heterocycles. The van der Waals surface area contributed by atoms with Crippen molar-refractivity contribution < 1.29 is 18.8 Å². The Hall–Kier alpha value is -4.05. The monoisotopic (exact) mass is 618 g/mol. The first-order valence-corrected chi connectivity index (χ1v) is 15.7. The third kappa shape index (κ3) is 8.16. The average molecular weight is 619 g/mol. The summed E-state index contributed by atoms with van der Waals surface area (Å²) < 4.78 is 15.5. The number of hydrogen-bond donors (Lipinski definition) is 2. The minimum Gasteiger partial charge on any atom is -0.342 e. The SMILES string of the molecule is CN[C@@H](C)C(=O)N[C@H](C(=O)N1CCC[C@H]1CN(CCc1ccc(F)cc1)C(=O)c1cn(-c2c(C)cccc2C)cn1)C(C)(C)C. The third-order valence-electron chi connectivity index (χ3n) is 8.69. The standard InChI is InChI=1S/C35H47FN6O3/c1-23-10-8-11-24(2)30(23)41-21-29(38-22-41)33(44)40(19-17-26-13-15-27(36)16-14-26)20-28-12-9-18-42(28)34(45)31(35(4,5)6)39-32(43)25(3)37-7/h8,10-11,13-16,21-22,25,28,31,37H,9,12,17-20H2,1-7H3,(H,39,43)/t25-,28-,31+/m0/s1. The zero-order valence-electron chi connectivity index (χ0n) is 27.6. The fourth-order valence-corrected chi connectivity index (χ4v) is 5.90. The van der Waals surface area contributed by atoms with Gasteiger partial charge in [-0.1, -0.05) is 51.1 Å². The molecule has 2 aromatic carbocycles. The second kappa shape index (κ2) is 14.4. The van der Waals surface area contributed by atoms with Crippen molar-refractivity contribution in [3.05, 3.63) is 83.2 Å². The number of halogens is 1. The maximum atomic E-state index is 14.1. The Morgan fingerprint density at radius 1 is 1.09 bits per heavy atom. The number of nitrogens with one attached hydrogen (secondary N) is 2. The summed E-state index contributed by atoms with van der Waals surface area (Å²) in [5, 5.41) is 5.90. The maximum Gasteiger partial charge on any atom is 0.274 e. The van der Waals surface area contributed by atoms with Gasteiger partial charge in [0.2, 0.25) is 11.8 Å². The Labute approximate surface area is 266 Å². The predicted octanol–water partition coefficient (Wildman–Crippen LogP) is 4.44. The summed E-state index contributed by atoms with van der Waals surface area (Å²) in [6.45, 7) is 12.9. The van der Waals surface area contributed by atoms with Crippen LogP contribution in [-0.4, -0.2) is 81.9 Å². The molecule has 10 heteroatoms. The van der Waals surface area contributed by atoms with Gasteiger partial charge in [0, 0.05) is 31.9 Å². The van der Waals surface area contributed by atoms with Crippen molar-refractivity contribution in [3.8, 4) is 5.69 Å². The maximum absolute atomic E-state index is 14.1. The van der Waals surface area contributed by atoms with Gasteiger partial charge in [0.05, 0.1) is 11.7 Å². The zero-order chi connectivity index (χ0) is 32.9. The largest absolute Gasteiger partial charge is 0.342 e. The summed E-state index contributed by atoms with van der Waals surface area (Å²) >= 11 is 0. The zero-order valence-corrected chi connectivity index (χ0v) is 27.6. The Balaban J connectivity index is 1.59. The number of para-hydroxylation sites is 1. The first-order valence-electron chi connectivity index (χ1n) is 15.7. The molecule has 0 radical (unpaired) electrons. The first kappa shape index (κ1) is 33.8. The lowest BCUT2D eigenvalue weighted by Gasteiger charge is -2.37. The van der Waals surface area contributed by atoms with Crippen LogP contribution in [0.2, 0.25) is 0 Å². The summed E-state index contributed by atoms with van der Waals surface area (Å²) in [5.74, 6) is -0.928. The van der Waals surface area contributed by atoms with Gasteiger partial charge in [-0.15, -0.1) is 0 Å². The first-order chi connectivity index (χ1) is 21.3. The quantitative estimate of drug-likeness (QED) is 0.331. The number of nitrogens with zero attached hydrogens (tertiary/aromatic N) is 4. The van der Waals surface area contributed by atoms with Gasteiger partial charge in [-0.2, -0.15) is 0 Å². The van der Waals surface area contributed by atoms with Crippen molar-refractivity contribution in [2.45, 2.75) is 78.9 Å². The van der Waals surface area contributed by atoms with Crippen LogP contribution >= 0.6 is 0 Å². The van der Waals surface area contributed by atoms with Gasteiger partial charge < -0.3 is 25.0 Å². The second-order valence-electron chi connectivity index (χ2n) is 13.2. The van der Waals surface area contributed by atoms with E-state index in [1.54, 1.807) is 43.5 Å². The van der Waals surface area contributed by atoms with Crippen LogP contribution in [0.3, 0.4) is 0 Å². The van der Waals surface area contributed by atoms with Crippen molar-refractivity contribution in [2.24, 2.45) is 5.41 Å². The van der Waals surface area contributed by atoms with E-state index >= 15 is 0 Å². The molecule has 1 fully saturated rings. The van der Waals surface area contributed by atoms with Crippen molar-refractivity contribution >= 4 is 17.7 Å². The molecule has 4 rings (SSSR count). The molecule has 2 heterocycles. The molecule has 1 aliphatic rings. The van der Waals surface area contributed by atoms with Crippen molar-refractivity contribution in [1.29, 1.82) is 0 Å². The number of imidazole rings is 1. The number of carbonyl (C=O) groups is 3. The van der Waals surface area contributed by atoms with Gasteiger partial charge in [-0.05, 0) is 81.3 Å². The van der Waals surface area contributed by atoms with Crippen LogP contribution in [0.15, 0.2) is 55.0 Å². The van der Waals surface area contributed by atoms with E-state index in [0.29, 0.717) is 31.7 Å². The van der Waals surface area contributed by atoms with Gasteiger partial charge in [-0.3, -0.25) is 14.4 Å². The molecule has 2 N–H and O–H groups in total. The molecular formula is C35H47FN6O3. The van der Waals surface area contributed by atoms with E-state index in [9.17, 15) is 18.8 Å². The highest BCUT2D eigenvalue weighted by Gasteiger charge is 2.41. The molecule has 1 aromatic heterocycles. The summed E-state index contributed by atoms with van der Waals surface area (Å²) in [6, 6.07) is 10.9. The molecule has 0 aliphatic carbocycles. The number of carbonyl (C=O) groups excluding carboxylic acids is 3. The van der Waals surface area contributed by atoms with E-state index in [0.717, 1.165) is 35.2 Å². The van der Waals surface area contributed by atoms with Crippen LogP contribution in [0.25, 0.3) is 5.69 Å². The Morgan fingerprint density at radius 2 is 1.76 bits per heavy atom. The van der Waals surface area contributed by atoms with Crippen molar-refractivity contribution in [3.63, 3.8) is 0 Å². The normalized spacial score (nSPS) is 16.4. The van der Waals surface area contributed by atoms with E-state index in [1.165, 1.54) is 12.1 Å². The Bertz CT molecular complexity index is 1480. The highest BCUT2D eigenvalue weighted by molar-refractivity contribution is 5.93. The summed E-state index contributed by atoms with van der Waals surface area (Å²) in [7, 11) is 1.71. The van der Waals surface area contributed by atoms with E-state index in [1.807, 2.05) is 62.3 Å². The molecule has 3 amide bonds. The predicted molar refractivity (Wildman–Crippen MR) is 174 cm³/mol. The third-order valence-corrected chi connectivity index (χ3v) is 8.69. The molecule has 242 valence electrons. The van der Waals surface area contributed by atoms with Gasteiger partial charge in [0.15, 0.2) is 0 Å². The number of benzene rings is 2. The van der Waals surface area contributed by atoms with Gasteiger partial charge in [0.25, 0.3) is 5.91 Å². The number of hydrogen-bond acceptors (Lipinski definition) is 5. The number of aryl methyl sites for hydroxylation is 2. The summed E-state index contributed by atoms with van der Waals surface area (Å²) in [6.07, 6.45) is 5.48. The van der Waals surface area contributed by atoms with Crippen LogP contribution in [0.5, 0.6) is 0 Å². The highest BCUT2D eigenvalue weighted by Crippen LogP contribution is 2.27. The summed E-state index contributed by atoms with van der Waals surface area (Å²) in [5.41, 5.74) is 3.83. The molecule has 0 bridgehead atoms. The van der Waals surface area contributed by atoms with Gasteiger partial charge in [0.1, 0.15) is 23.9 Å². The lowest BCUT2D eigenvalue weighted by molar-refractivity contribution is -0.140. The van der Waals surface area contributed by atoms with Crippen LogP contribution in [-0.2, 0) is 16.0 Å². The number of likely N-dealkylation sites (tertiary alicyclic amines) is 1. The number of aromatic nitrogens is 2. The number of amides is 3. The number of likely N-dealkylation sites (N-methyl/N-ethyl adjacent to an activating group) is 1. The van der Waals surface area contributed by atoms with E-state index < -0.39 is 17.5 Å². The second-order valence-corrected chi connectivity index (χ2v) is 13.2. The number of rotatable bonds is 11. The smallest absolute Gasteiger partial charge is 0.274 e. The molecule has 0 saturated carbocycles. The molecule has 0 spiro atoms. The van der Waals surface area contributed by atoms with E-state index in [-0.39, 0.29) is 29.6 Å². The molecule has 3 atom stereocenters. The fraction of sp³-hybridized carbons (Fsp3) is 0.486.